The number of anilines is 2. The summed E-state index contributed by atoms with van der Waals surface area (Å²) in [7, 11) is 1.66. The van der Waals surface area contributed by atoms with Gasteiger partial charge >= 0.3 is 0 Å². The molecule has 0 fully saturated rings. The Labute approximate surface area is 144 Å². The highest BCUT2D eigenvalue weighted by Crippen LogP contribution is 2.32. The highest BCUT2D eigenvalue weighted by atomic mass is 16.5. The van der Waals surface area contributed by atoms with Gasteiger partial charge in [-0.2, -0.15) is 5.10 Å². The van der Waals surface area contributed by atoms with Crippen LogP contribution in [0.2, 0.25) is 0 Å². The Morgan fingerprint density at radius 3 is 2.56 bits per heavy atom. The number of nitrogens with one attached hydrogen (secondary N) is 2. The molecular weight excluding hydrogens is 314 g/mol. The van der Waals surface area contributed by atoms with Gasteiger partial charge in [0.25, 0.3) is 0 Å². The van der Waals surface area contributed by atoms with Crippen molar-refractivity contribution in [2.75, 3.05) is 12.4 Å². The number of ether oxygens (including phenoxy) is 1. The summed E-state index contributed by atoms with van der Waals surface area (Å²) in [5, 5.41) is 12.5. The average Bonchev–Trinajstić information content (AvgIpc) is 3.06. The minimum absolute atomic E-state index is 0.721. The van der Waals surface area contributed by atoms with E-state index in [1.54, 1.807) is 19.5 Å². The quantitative estimate of drug-likeness (QED) is 0.589. The Hall–Kier alpha value is -3.41. The molecule has 0 atom stereocenters. The van der Waals surface area contributed by atoms with E-state index in [0.717, 1.165) is 45.1 Å². The Kier molecular flexibility index (Phi) is 3.78. The Bertz CT molecular complexity index is 1030. The number of hydrogen-bond acceptors (Lipinski definition) is 5. The standard InChI is InChI=1S/C19H17N5O/c1-12-9-18(24-23-12)21-17-11-14-10-15(25-2)3-4-16(14)19(22-17)13-5-7-20-8-6-13/h3-11H,1-2H3,(H2,21,22,23,24). The predicted molar refractivity (Wildman–Crippen MR) is 98.1 cm³/mol. The van der Waals surface area contributed by atoms with E-state index in [1.165, 1.54) is 0 Å². The van der Waals surface area contributed by atoms with E-state index in [-0.39, 0.29) is 0 Å². The van der Waals surface area contributed by atoms with Crippen molar-refractivity contribution >= 4 is 22.4 Å². The second-order valence-electron chi connectivity index (χ2n) is 5.74. The number of aromatic nitrogens is 4. The molecule has 0 aliphatic heterocycles. The van der Waals surface area contributed by atoms with Crippen LogP contribution in [0.25, 0.3) is 22.0 Å². The van der Waals surface area contributed by atoms with E-state index < -0.39 is 0 Å². The van der Waals surface area contributed by atoms with E-state index >= 15 is 0 Å². The van der Waals surface area contributed by atoms with Crippen molar-refractivity contribution in [2.45, 2.75) is 6.92 Å². The molecule has 0 aliphatic rings. The number of fused-ring (bicyclic) bond motifs is 1. The maximum absolute atomic E-state index is 5.36. The van der Waals surface area contributed by atoms with Gasteiger partial charge in [-0.3, -0.25) is 10.1 Å². The van der Waals surface area contributed by atoms with E-state index in [0.29, 0.717) is 0 Å². The van der Waals surface area contributed by atoms with Crippen LogP contribution >= 0.6 is 0 Å². The van der Waals surface area contributed by atoms with Crippen molar-refractivity contribution in [3.63, 3.8) is 0 Å². The van der Waals surface area contributed by atoms with Crippen molar-refractivity contribution in [1.29, 1.82) is 0 Å². The molecule has 4 rings (SSSR count). The van der Waals surface area contributed by atoms with Crippen molar-refractivity contribution in [2.24, 2.45) is 0 Å². The third kappa shape index (κ3) is 3.01. The fourth-order valence-corrected chi connectivity index (χ4v) is 2.77. The molecule has 0 saturated heterocycles. The molecule has 0 aliphatic carbocycles. The minimum atomic E-state index is 0.721. The van der Waals surface area contributed by atoms with Crippen molar-refractivity contribution < 1.29 is 4.74 Å². The lowest BCUT2D eigenvalue weighted by molar-refractivity contribution is 0.415. The van der Waals surface area contributed by atoms with Gasteiger partial charge in [-0.25, -0.2) is 4.98 Å². The number of H-pyrrole nitrogens is 1. The molecule has 25 heavy (non-hydrogen) atoms. The van der Waals surface area contributed by atoms with Crippen LogP contribution in [0, 0.1) is 6.92 Å². The smallest absolute Gasteiger partial charge is 0.153 e. The SMILES string of the molecule is COc1ccc2c(-c3ccncc3)nc(Nc3cc(C)[nH]n3)cc2c1. The second kappa shape index (κ2) is 6.24. The number of rotatable bonds is 4. The zero-order chi connectivity index (χ0) is 17.2. The fourth-order valence-electron chi connectivity index (χ4n) is 2.77. The number of pyridine rings is 2. The number of methoxy groups -OCH3 is 1. The van der Waals surface area contributed by atoms with E-state index in [1.807, 2.05) is 49.4 Å². The summed E-state index contributed by atoms with van der Waals surface area (Å²) in [5.74, 6) is 2.26. The molecule has 6 heteroatoms. The molecule has 0 unspecified atom stereocenters. The van der Waals surface area contributed by atoms with Crippen molar-refractivity contribution in [3.8, 4) is 17.0 Å². The summed E-state index contributed by atoms with van der Waals surface area (Å²) in [4.78, 5) is 8.89. The normalized spacial score (nSPS) is 10.8. The summed E-state index contributed by atoms with van der Waals surface area (Å²) in [5.41, 5.74) is 2.88. The van der Waals surface area contributed by atoms with Gasteiger partial charge in [-0.15, -0.1) is 0 Å². The van der Waals surface area contributed by atoms with Crippen LogP contribution in [0.4, 0.5) is 11.6 Å². The first-order valence-electron chi connectivity index (χ1n) is 7.91. The second-order valence-corrected chi connectivity index (χ2v) is 5.74. The third-order valence-corrected chi connectivity index (χ3v) is 3.95. The monoisotopic (exact) mass is 331 g/mol. The average molecular weight is 331 g/mol. The lowest BCUT2D eigenvalue weighted by Crippen LogP contribution is -1.97. The topological polar surface area (TPSA) is 75.7 Å². The highest BCUT2D eigenvalue weighted by Gasteiger charge is 2.10. The van der Waals surface area contributed by atoms with Crippen LogP contribution in [0.15, 0.2) is 54.9 Å². The first-order chi connectivity index (χ1) is 12.2. The summed E-state index contributed by atoms with van der Waals surface area (Å²) in [6, 6.07) is 13.8. The molecule has 3 aromatic heterocycles. The third-order valence-electron chi connectivity index (χ3n) is 3.95. The van der Waals surface area contributed by atoms with Gasteiger partial charge in [0.2, 0.25) is 0 Å². The van der Waals surface area contributed by atoms with Crippen LogP contribution in [0.3, 0.4) is 0 Å². The number of nitrogens with zero attached hydrogens (tertiary/aromatic N) is 3. The molecule has 6 nitrogen and oxygen atoms in total. The van der Waals surface area contributed by atoms with Gasteiger partial charge in [-0.1, -0.05) is 0 Å². The molecule has 1 aromatic carbocycles. The van der Waals surface area contributed by atoms with Crippen LogP contribution in [0.1, 0.15) is 5.69 Å². The molecule has 0 amide bonds. The summed E-state index contributed by atoms with van der Waals surface area (Å²) in [6.07, 6.45) is 3.53. The lowest BCUT2D eigenvalue weighted by Gasteiger charge is -2.11. The Morgan fingerprint density at radius 1 is 1.00 bits per heavy atom. The molecule has 0 bridgehead atoms. The molecule has 4 aromatic rings. The van der Waals surface area contributed by atoms with Crippen LogP contribution in [-0.4, -0.2) is 27.3 Å². The van der Waals surface area contributed by atoms with Crippen molar-refractivity contribution in [3.05, 3.63) is 60.6 Å². The van der Waals surface area contributed by atoms with Crippen LogP contribution in [-0.2, 0) is 0 Å². The number of aryl methyl sites for hydroxylation is 1. The van der Waals surface area contributed by atoms with E-state index in [9.17, 15) is 0 Å². The van der Waals surface area contributed by atoms with Gasteiger partial charge in [0.1, 0.15) is 11.6 Å². The summed E-state index contributed by atoms with van der Waals surface area (Å²) < 4.78 is 5.36. The van der Waals surface area contributed by atoms with Gasteiger partial charge < -0.3 is 10.1 Å². The molecule has 0 spiro atoms. The zero-order valence-corrected chi connectivity index (χ0v) is 13.9. The van der Waals surface area contributed by atoms with Gasteiger partial charge in [0.15, 0.2) is 5.82 Å². The lowest BCUT2D eigenvalue weighted by atomic mass is 10.0. The molecule has 0 saturated carbocycles. The van der Waals surface area contributed by atoms with E-state index in [4.69, 9.17) is 9.72 Å². The molecule has 3 heterocycles. The largest absolute Gasteiger partial charge is 0.497 e. The number of hydrogen-bond donors (Lipinski definition) is 2. The molecule has 124 valence electrons. The van der Waals surface area contributed by atoms with Crippen molar-refractivity contribution in [1.82, 2.24) is 20.2 Å². The molecule has 0 radical (unpaired) electrons. The number of benzene rings is 1. The first-order valence-corrected chi connectivity index (χ1v) is 7.91. The highest BCUT2D eigenvalue weighted by molar-refractivity contribution is 5.97. The maximum atomic E-state index is 5.36. The fraction of sp³-hybridized carbons (Fsp3) is 0.105. The first kappa shape index (κ1) is 15.1. The van der Waals surface area contributed by atoms with Crippen LogP contribution < -0.4 is 10.1 Å². The molecule has 2 N–H and O–H groups in total. The molecular formula is C19H17N5O. The number of aromatic amines is 1. The van der Waals surface area contributed by atoms with Crippen LogP contribution in [0.5, 0.6) is 5.75 Å². The Morgan fingerprint density at radius 2 is 1.84 bits per heavy atom. The van der Waals surface area contributed by atoms with Gasteiger partial charge in [0, 0.05) is 35.1 Å². The summed E-state index contributed by atoms with van der Waals surface area (Å²) in [6.45, 7) is 1.96. The van der Waals surface area contributed by atoms with Gasteiger partial charge in [0.05, 0.1) is 12.8 Å². The maximum Gasteiger partial charge on any atom is 0.153 e. The Balaban J connectivity index is 1.88. The van der Waals surface area contributed by atoms with Gasteiger partial charge in [-0.05, 0) is 48.7 Å². The minimum Gasteiger partial charge on any atom is -0.497 e. The summed E-state index contributed by atoms with van der Waals surface area (Å²) >= 11 is 0. The predicted octanol–water partition coefficient (Wildman–Crippen LogP) is 4.08. The van der Waals surface area contributed by atoms with E-state index in [2.05, 4.69) is 20.5 Å². The zero-order valence-electron chi connectivity index (χ0n) is 13.9.